The van der Waals surface area contributed by atoms with Crippen LogP contribution >= 0.6 is 0 Å². The second kappa shape index (κ2) is 3.61. The minimum Gasteiger partial charge on any atom is -0.324 e. The maximum atomic E-state index is 2.38. The molecule has 1 heteroatoms. The van der Waals surface area contributed by atoms with E-state index in [4.69, 9.17) is 0 Å². The Bertz CT molecular complexity index is 156. The third-order valence-corrected chi connectivity index (χ3v) is 4.65. The van der Waals surface area contributed by atoms with Gasteiger partial charge in [-0.15, -0.1) is 0 Å². The van der Waals surface area contributed by atoms with Crippen LogP contribution in [0.15, 0.2) is 0 Å². The molecule has 2 fully saturated rings. The van der Waals surface area contributed by atoms with Gasteiger partial charge in [0, 0.05) is 11.8 Å². The van der Waals surface area contributed by atoms with Crippen LogP contribution < -0.4 is 0 Å². The van der Waals surface area contributed by atoms with Gasteiger partial charge in [0.25, 0.3) is 0 Å². The zero-order valence-electron chi connectivity index (χ0n) is 9.26. The average Bonchev–Trinajstić information content (AvgIpc) is 2.57. The van der Waals surface area contributed by atoms with Crippen molar-refractivity contribution in [3.05, 3.63) is 0 Å². The smallest absolute Gasteiger partial charge is 0.0820 e. The van der Waals surface area contributed by atoms with Gasteiger partial charge in [-0.2, -0.15) is 0 Å². The van der Waals surface area contributed by atoms with E-state index in [1.807, 2.05) is 0 Å². The summed E-state index contributed by atoms with van der Waals surface area (Å²) in [5.41, 5.74) is 0. The zero-order chi connectivity index (χ0) is 9.31. The normalized spacial score (nSPS) is 37.4. The molecule has 76 valence electrons. The molecule has 2 rings (SSSR count). The van der Waals surface area contributed by atoms with Crippen molar-refractivity contribution in [2.75, 3.05) is 26.2 Å². The molecule has 2 unspecified atom stereocenters. The van der Waals surface area contributed by atoms with Crippen molar-refractivity contribution in [3.63, 3.8) is 0 Å². The molecular weight excluding hydrogens is 158 g/mol. The van der Waals surface area contributed by atoms with Crippen molar-refractivity contribution in [1.82, 2.24) is 0 Å². The second-order valence-corrected chi connectivity index (χ2v) is 5.14. The molecule has 1 aliphatic carbocycles. The van der Waals surface area contributed by atoms with E-state index >= 15 is 0 Å². The van der Waals surface area contributed by atoms with Gasteiger partial charge < -0.3 is 4.48 Å². The van der Waals surface area contributed by atoms with Crippen LogP contribution in [-0.2, 0) is 0 Å². The first-order valence-electron chi connectivity index (χ1n) is 6.15. The minimum absolute atomic E-state index is 1.09. The Morgan fingerprint density at radius 3 is 1.77 bits per heavy atom. The lowest BCUT2D eigenvalue weighted by Crippen LogP contribution is -2.45. The van der Waals surface area contributed by atoms with E-state index < -0.39 is 0 Å². The lowest BCUT2D eigenvalue weighted by molar-refractivity contribution is -0.916. The molecule has 1 saturated carbocycles. The number of fused-ring (bicyclic) bond motifs is 1. The van der Waals surface area contributed by atoms with Gasteiger partial charge in [-0.05, 0) is 26.7 Å². The SMILES string of the molecule is CC[N+]1(CC)CC2CCCCC2C1. The van der Waals surface area contributed by atoms with Crippen LogP contribution in [-0.4, -0.2) is 30.7 Å². The molecule has 2 aliphatic rings. The predicted octanol–water partition coefficient (Wildman–Crippen LogP) is 2.66. The van der Waals surface area contributed by atoms with Crippen LogP contribution in [0.1, 0.15) is 39.5 Å². The predicted molar refractivity (Wildman–Crippen MR) is 56.5 cm³/mol. The maximum absolute atomic E-state index is 2.38. The molecular formula is C12H24N+. The van der Waals surface area contributed by atoms with E-state index in [2.05, 4.69) is 13.8 Å². The van der Waals surface area contributed by atoms with E-state index in [1.165, 1.54) is 56.3 Å². The van der Waals surface area contributed by atoms with Gasteiger partial charge in [0.15, 0.2) is 0 Å². The molecule has 0 radical (unpaired) electrons. The summed E-state index contributed by atoms with van der Waals surface area (Å²) in [6.07, 6.45) is 6.08. The van der Waals surface area contributed by atoms with E-state index in [-0.39, 0.29) is 0 Å². The summed E-state index contributed by atoms with van der Waals surface area (Å²) in [5.74, 6) is 2.18. The first-order chi connectivity index (χ1) is 6.29. The van der Waals surface area contributed by atoms with Crippen molar-refractivity contribution in [1.29, 1.82) is 0 Å². The summed E-state index contributed by atoms with van der Waals surface area (Å²) in [6, 6.07) is 0. The second-order valence-electron chi connectivity index (χ2n) is 5.14. The molecule has 1 heterocycles. The highest BCUT2D eigenvalue weighted by Crippen LogP contribution is 2.39. The minimum atomic E-state index is 1.09. The van der Waals surface area contributed by atoms with Crippen LogP contribution in [0.5, 0.6) is 0 Å². The van der Waals surface area contributed by atoms with E-state index in [1.54, 1.807) is 0 Å². The third-order valence-electron chi connectivity index (χ3n) is 4.65. The fraction of sp³-hybridized carbons (Fsp3) is 1.00. The highest BCUT2D eigenvalue weighted by molar-refractivity contribution is 4.80. The first kappa shape index (κ1) is 9.51. The number of rotatable bonds is 2. The Labute approximate surface area is 82.7 Å². The Morgan fingerprint density at radius 1 is 0.923 bits per heavy atom. The number of quaternary nitrogens is 1. The molecule has 0 aromatic rings. The molecule has 0 aromatic carbocycles. The Hall–Kier alpha value is -0.0400. The van der Waals surface area contributed by atoms with Crippen molar-refractivity contribution in [2.24, 2.45) is 11.8 Å². The zero-order valence-corrected chi connectivity index (χ0v) is 9.26. The molecule has 1 saturated heterocycles. The molecule has 0 bridgehead atoms. The molecule has 0 N–H and O–H groups in total. The molecule has 1 aliphatic heterocycles. The molecule has 2 atom stereocenters. The topological polar surface area (TPSA) is 0 Å². The molecule has 1 nitrogen and oxygen atoms in total. The maximum Gasteiger partial charge on any atom is 0.0820 e. The van der Waals surface area contributed by atoms with Crippen molar-refractivity contribution < 1.29 is 4.48 Å². The number of nitrogens with zero attached hydrogens (tertiary/aromatic N) is 1. The summed E-state index contributed by atoms with van der Waals surface area (Å²) < 4.78 is 1.43. The van der Waals surface area contributed by atoms with Gasteiger partial charge in [-0.1, -0.05) is 12.8 Å². The quantitative estimate of drug-likeness (QED) is 0.576. The van der Waals surface area contributed by atoms with Gasteiger partial charge in [-0.3, -0.25) is 0 Å². The molecule has 13 heavy (non-hydrogen) atoms. The number of hydrogen-bond acceptors (Lipinski definition) is 0. The van der Waals surface area contributed by atoms with Gasteiger partial charge in [-0.25, -0.2) is 0 Å². The monoisotopic (exact) mass is 182 g/mol. The van der Waals surface area contributed by atoms with Crippen LogP contribution in [0.4, 0.5) is 0 Å². The van der Waals surface area contributed by atoms with E-state index in [0.717, 1.165) is 11.8 Å². The van der Waals surface area contributed by atoms with E-state index in [9.17, 15) is 0 Å². The van der Waals surface area contributed by atoms with Crippen molar-refractivity contribution in [3.8, 4) is 0 Å². The fourth-order valence-electron chi connectivity index (χ4n) is 3.57. The largest absolute Gasteiger partial charge is 0.324 e. The summed E-state index contributed by atoms with van der Waals surface area (Å²) in [6.45, 7) is 10.5. The van der Waals surface area contributed by atoms with E-state index in [0.29, 0.717) is 0 Å². The number of hydrogen-bond donors (Lipinski definition) is 0. The van der Waals surface area contributed by atoms with Crippen LogP contribution in [0.3, 0.4) is 0 Å². The average molecular weight is 182 g/mol. The lowest BCUT2D eigenvalue weighted by atomic mass is 9.82. The molecule has 0 spiro atoms. The summed E-state index contributed by atoms with van der Waals surface area (Å²) in [5, 5.41) is 0. The Morgan fingerprint density at radius 2 is 1.38 bits per heavy atom. The van der Waals surface area contributed by atoms with Crippen molar-refractivity contribution in [2.45, 2.75) is 39.5 Å². The summed E-state index contributed by atoms with van der Waals surface area (Å²) >= 11 is 0. The van der Waals surface area contributed by atoms with Crippen molar-refractivity contribution >= 4 is 0 Å². The fourth-order valence-corrected chi connectivity index (χ4v) is 3.57. The first-order valence-corrected chi connectivity index (χ1v) is 6.15. The van der Waals surface area contributed by atoms with Gasteiger partial charge in [0.1, 0.15) is 0 Å². The molecule has 0 amide bonds. The van der Waals surface area contributed by atoms with Crippen LogP contribution in [0.2, 0.25) is 0 Å². The highest BCUT2D eigenvalue weighted by Gasteiger charge is 2.43. The van der Waals surface area contributed by atoms with Crippen LogP contribution in [0.25, 0.3) is 0 Å². The number of likely N-dealkylation sites (tertiary alicyclic amines) is 1. The standard InChI is InChI=1S/C12H24N/c1-3-13(4-2)9-11-7-5-6-8-12(11)10-13/h11-12H,3-10H2,1-2H3/q+1. The highest BCUT2D eigenvalue weighted by atomic mass is 15.4. The molecule has 0 aromatic heterocycles. The summed E-state index contributed by atoms with van der Waals surface area (Å²) in [4.78, 5) is 0. The third kappa shape index (κ3) is 1.63. The van der Waals surface area contributed by atoms with Crippen LogP contribution in [0, 0.1) is 11.8 Å². The lowest BCUT2D eigenvalue weighted by Gasteiger charge is -2.32. The van der Waals surface area contributed by atoms with Gasteiger partial charge in [0.2, 0.25) is 0 Å². The van der Waals surface area contributed by atoms with Gasteiger partial charge >= 0.3 is 0 Å². The Balaban J connectivity index is 2.04. The summed E-state index contributed by atoms with van der Waals surface area (Å²) in [7, 11) is 0. The Kier molecular flexibility index (Phi) is 2.64. The van der Waals surface area contributed by atoms with Gasteiger partial charge in [0.05, 0.1) is 26.2 Å².